The Bertz CT molecular complexity index is 1080. The van der Waals surface area contributed by atoms with Gasteiger partial charge in [-0.15, -0.1) is 0 Å². The standard InChI is InChI=1S/C24H18/c1-3-17-15-20-11-7-8-12-23(20)24(22(17)4-2)21-14-13-18-9-5-6-10-19(18)16-21/h3-16H,1-2H2. The van der Waals surface area contributed by atoms with Crippen molar-refractivity contribution in [2.75, 3.05) is 0 Å². The molecule has 0 heterocycles. The van der Waals surface area contributed by atoms with E-state index in [1.54, 1.807) is 0 Å². The largest absolute Gasteiger partial charge is 0.0984 e. The van der Waals surface area contributed by atoms with Crippen LogP contribution in [0.5, 0.6) is 0 Å². The molecule has 0 N–H and O–H groups in total. The van der Waals surface area contributed by atoms with E-state index in [9.17, 15) is 0 Å². The molecule has 0 radical (unpaired) electrons. The third-order valence-electron chi connectivity index (χ3n) is 4.58. The fourth-order valence-electron chi connectivity index (χ4n) is 3.43. The third kappa shape index (κ3) is 2.24. The summed E-state index contributed by atoms with van der Waals surface area (Å²) in [5.74, 6) is 0. The molecule has 0 bridgehead atoms. The molecule has 0 saturated heterocycles. The van der Waals surface area contributed by atoms with Gasteiger partial charge in [0.05, 0.1) is 0 Å². The molecule has 0 aliphatic rings. The first kappa shape index (κ1) is 14.5. The highest BCUT2D eigenvalue weighted by molar-refractivity contribution is 6.04. The van der Waals surface area contributed by atoms with Crippen LogP contribution in [-0.2, 0) is 0 Å². The predicted molar refractivity (Wildman–Crippen MR) is 107 cm³/mol. The van der Waals surface area contributed by atoms with Crippen LogP contribution in [0, 0.1) is 0 Å². The van der Waals surface area contributed by atoms with E-state index in [-0.39, 0.29) is 0 Å². The second kappa shape index (κ2) is 5.82. The zero-order chi connectivity index (χ0) is 16.5. The number of hydrogen-bond donors (Lipinski definition) is 0. The number of hydrogen-bond acceptors (Lipinski definition) is 0. The molecule has 0 atom stereocenters. The Morgan fingerprint density at radius 3 is 2.08 bits per heavy atom. The molecule has 4 aromatic carbocycles. The monoisotopic (exact) mass is 306 g/mol. The minimum absolute atomic E-state index is 1.12. The fraction of sp³-hybridized carbons (Fsp3) is 0. The summed E-state index contributed by atoms with van der Waals surface area (Å²) in [6.45, 7) is 8.03. The maximum atomic E-state index is 4.05. The number of fused-ring (bicyclic) bond motifs is 2. The highest BCUT2D eigenvalue weighted by Crippen LogP contribution is 2.37. The Kier molecular flexibility index (Phi) is 3.51. The Morgan fingerprint density at radius 1 is 0.625 bits per heavy atom. The summed E-state index contributed by atoms with van der Waals surface area (Å²) in [6, 6.07) is 25.8. The molecule has 0 fully saturated rings. The maximum Gasteiger partial charge on any atom is -0.00268 e. The van der Waals surface area contributed by atoms with Gasteiger partial charge >= 0.3 is 0 Å². The SMILES string of the molecule is C=Cc1cc2ccccc2c(-c2ccc3ccccc3c2)c1C=C. The van der Waals surface area contributed by atoms with Crippen molar-refractivity contribution in [1.82, 2.24) is 0 Å². The fourth-order valence-corrected chi connectivity index (χ4v) is 3.43. The van der Waals surface area contributed by atoms with Gasteiger partial charge in [0.2, 0.25) is 0 Å². The zero-order valence-electron chi connectivity index (χ0n) is 13.5. The van der Waals surface area contributed by atoms with Gasteiger partial charge in [-0.3, -0.25) is 0 Å². The second-order valence-electron chi connectivity index (χ2n) is 5.95. The first-order valence-electron chi connectivity index (χ1n) is 8.11. The minimum atomic E-state index is 1.12. The van der Waals surface area contributed by atoms with Gasteiger partial charge in [-0.25, -0.2) is 0 Å². The van der Waals surface area contributed by atoms with Gasteiger partial charge in [-0.1, -0.05) is 86.0 Å². The topological polar surface area (TPSA) is 0 Å². The Labute approximate surface area is 142 Å². The molecule has 0 nitrogen and oxygen atoms in total. The van der Waals surface area contributed by atoms with Crippen LogP contribution < -0.4 is 0 Å². The molecule has 4 rings (SSSR count). The summed E-state index contributed by atoms with van der Waals surface area (Å²) in [4.78, 5) is 0. The minimum Gasteiger partial charge on any atom is -0.0984 e. The second-order valence-corrected chi connectivity index (χ2v) is 5.95. The van der Waals surface area contributed by atoms with Crippen LogP contribution in [0.15, 0.2) is 86.0 Å². The first-order chi connectivity index (χ1) is 11.8. The summed E-state index contributed by atoms with van der Waals surface area (Å²) >= 11 is 0. The van der Waals surface area contributed by atoms with Gasteiger partial charge in [-0.05, 0) is 55.9 Å². The summed E-state index contributed by atoms with van der Waals surface area (Å²) in [7, 11) is 0. The van der Waals surface area contributed by atoms with E-state index in [0.717, 1.165) is 11.1 Å². The molecular formula is C24H18. The molecule has 0 spiro atoms. The van der Waals surface area contributed by atoms with E-state index in [1.807, 2.05) is 12.2 Å². The Hall–Kier alpha value is -3.12. The average molecular weight is 306 g/mol. The van der Waals surface area contributed by atoms with Crippen molar-refractivity contribution in [3.63, 3.8) is 0 Å². The maximum absolute atomic E-state index is 4.05. The predicted octanol–water partition coefficient (Wildman–Crippen LogP) is 6.95. The number of benzene rings is 4. The van der Waals surface area contributed by atoms with Gasteiger partial charge < -0.3 is 0 Å². The van der Waals surface area contributed by atoms with E-state index in [2.05, 4.69) is 86.0 Å². The van der Waals surface area contributed by atoms with E-state index >= 15 is 0 Å². The highest BCUT2D eigenvalue weighted by atomic mass is 14.2. The van der Waals surface area contributed by atoms with Crippen molar-refractivity contribution < 1.29 is 0 Å². The van der Waals surface area contributed by atoms with Crippen molar-refractivity contribution in [3.8, 4) is 11.1 Å². The van der Waals surface area contributed by atoms with Crippen LogP contribution in [0.4, 0.5) is 0 Å². The van der Waals surface area contributed by atoms with E-state index in [4.69, 9.17) is 0 Å². The quantitative estimate of drug-likeness (QED) is 0.384. The summed E-state index contributed by atoms with van der Waals surface area (Å²) in [5, 5.41) is 4.97. The lowest BCUT2D eigenvalue weighted by Gasteiger charge is -2.15. The third-order valence-corrected chi connectivity index (χ3v) is 4.58. The molecular weight excluding hydrogens is 288 g/mol. The smallest absolute Gasteiger partial charge is 0.00268 e. The molecule has 24 heavy (non-hydrogen) atoms. The average Bonchev–Trinajstić information content (AvgIpc) is 2.65. The first-order valence-corrected chi connectivity index (χ1v) is 8.11. The van der Waals surface area contributed by atoms with E-state index in [0.29, 0.717) is 0 Å². The highest BCUT2D eigenvalue weighted by Gasteiger charge is 2.12. The molecule has 0 aliphatic carbocycles. The molecule has 4 aromatic rings. The van der Waals surface area contributed by atoms with Crippen LogP contribution in [0.3, 0.4) is 0 Å². The molecule has 0 saturated carbocycles. The molecule has 0 aliphatic heterocycles. The van der Waals surface area contributed by atoms with Crippen LogP contribution in [0.2, 0.25) is 0 Å². The van der Waals surface area contributed by atoms with Crippen LogP contribution in [0.25, 0.3) is 44.8 Å². The molecule has 0 amide bonds. The van der Waals surface area contributed by atoms with Crippen LogP contribution in [-0.4, -0.2) is 0 Å². The zero-order valence-corrected chi connectivity index (χ0v) is 13.5. The molecule has 0 unspecified atom stereocenters. The van der Waals surface area contributed by atoms with Crippen molar-refractivity contribution in [1.29, 1.82) is 0 Å². The molecule has 114 valence electrons. The van der Waals surface area contributed by atoms with E-state index < -0.39 is 0 Å². The van der Waals surface area contributed by atoms with E-state index in [1.165, 1.54) is 32.7 Å². The van der Waals surface area contributed by atoms with Gasteiger partial charge in [0, 0.05) is 0 Å². The lowest BCUT2D eigenvalue weighted by Crippen LogP contribution is -1.91. The van der Waals surface area contributed by atoms with Gasteiger partial charge in [0.25, 0.3) is 0 Å². The van der Waals surface area contributed by atoms with Crippen LogP contribution in [0.1, 0.15) is 11.1 Å². The summed E-state index contributed by atoms with van der Waals surface area (Å²) in [6.07, 6.45) is 3.85. The lowest BCUT2D eigenvalue weighted by atomic mass is 9.89. The van der Waals surface area contributed by atoms with Crippen molar-refractivity contribution in [2.45, 2.75) is 0 Å². The molecule has 0 aromatic heterocycles. The van der Waals surface area contributed by atoms with Gasteiger partial charge in [-0.2, -0.15) is 0 Å². The van der Waals surface area contributed by atoms with Gasteiger partial charge in [0.1, 0.15) is 0 Å². The molecule has 0 heteroatoms. The Morgan fingerprint density at radius 2 is 1.33 bits per heavy atom. The van der Waals surface area contributed by atoms with Gasteiger partial charge in [0.15, 0.2) is 0 Å². The van der Waals surface area contributed by atoms with Crippen molar-refractivity contribution >= 4 is 33.7 Å². The van der Waals surface area contributed by atoms with Crippen LogP contribution >= 0.6 is 0 Å². The number of rotatable bonds is 3. The van der Waals surface area contributed by atoms with Crippen molar-refractivity contribution in [3.05, 3.63) is 97.1 Å². The van der Waals surface area contributed by atoms with Crippen molar-refractivity contribution in [2.24, 2.45) is 0 Å². The lowest BCUT2D eigenvalue weighted by molar-refractivity contribution is 1.62. The Balaban J connectivity index is 2.13. The normalized spacial score (nSPS) is 10.8. The summed E-state index contributed by atoms with van der Waals surface area (Å²) in [5.41, 5.74) is 4.69. The summed E-state index contributed by atoms with van der Waals surface area (Å²) < 4.78 is 0.